The Morgan fingerprint density at radius 2 is 2.22 bits per heavy atom. The van der Waals surface area contributed by atoms with Gasteiger partial charge in [-0.2, -0.15) is 0 Å². The van der Waals surface area contributed by atoms with Gasteiger partial charge in [-0.3, -0.25) is 4.79 Å². The second kappa shape index (κ2) is 8.38. The van der Waals surface area contributed by atoms with E-state index >= 15 is 0 Å². The van der Waals surface area contributed by atoms with E-state index in [1.54, 1.807) is 13.2 Å². The minimum atomic E-state index is -0.0632. The molecule has 1 heterocycles. The number of aromatic nitrogens is 3. The van der Waals surface area contributed by atoms with Gasteiger partial charge in [-0.1, -0.05) is 36.0 Å². The van der Waals surface area contributed by atoms with Crippen LogP contribution >= 0.6 is 11.8 Å². The van der Waals surface area contributed by atoms with Crippen molar-refractivity contribution >= 4 is 17.7 Å². The monoisotopic (exact) mass is 332 g/mol. The van der Waals surface area contributed by atoms with Gasteiger partial charge in [0.05, 0.1) is 12.9 Å². The first-order chi connectivity index (χ1) is 11.2. The van der Waals surface area contributed by atoms with Gasteiger partial charge in [0.1, 0.15) is 11.6 Å². The van der Waals surface area contributed by atoms with E-state index in [1.807, 2.05) is 35.8 Å². The number of methoxy groups -OCH3 is 1. The lowest BCUT2D eigenvalue weighted by atomic mass is 10.2. The Morgan fingerprint density at radius 1 is 1.43 bits per heavy atom. The quantitative estimate of drug-likeness (QED) is 0.593. The molecule has 6 nitrogen and oxygen atoms in total. The number of hydrogen-bond acceptors (Lipinski definition) is 5. The van der Waals surface area contributed by atoms with Crippen molar-refractivity contribution in [3.8, 4) is 5.75 Å². The topological polar surface area (TPSA) is 69.0 Å². The fourth-order valence-corrected chi connectivity index (χ4v) is 2.85. The molecule has 2 rings (SSSR count). The highest BCUT2D eigenvalue weighted by Gasteiger charge is 2.11. The zero-order chi connectivity index (χ0) is 16.7. The Morgan fingerprint density at radius 3 is 2.96 bits per heavy atom. The summed E-state index contributed by atoms with van der Waals surface area (Å²) >= 11 is 1.36. The third-order valence-corrected chi connectivity index (χ3v) is 4.18. The highest BCUT2D eigenvalue weighted by atomic mass is 32.2. The normalized spacial score (nSPS) is 10.3. The van der Waals surface area contributed by atoms with Crippen molar-refractivity contribution in [2.75, 3.05) is 12.9 Å². The van der Waals surface area contributed by atoms with Crippen LogP contribution < -0.4 is 10.1 Å². The molecule has 0 saturated heterocycles. The van der Waals surface area contributed by atoms with Crippen LogP contribution in [0.3, 0.4) is 0 Å². The van der Waals surface area contributed by atoms with E-state index in [9.17, 15) is 4.79 Å². The zero-order valence-corrected chi connectivity index (χ0v) is 14.1. The number of aryl methyl sites for hydroxylation is 1. The maximum absolute atomic E-state index is 12.0. The lowest BCUT2D eigenvalue weighted by Gasteiger charge is -2.09. The third-order valence-electron chi connectivity index (χ3n) is 3.21. The largest absolute Gasteiger partial charge is 0.496 e. The Bertz CT molecular complexity index is 684. The number of amides is 1. The van der Waals surface area contributed by atoms with Crippen LogP contribution in [-0.4, -0.2) is 33.5 Å². The van der Waals surface area contributed by atoms with E-state index < -0.39 is 0 Å². The fourth-order valence-electron chi connectivity index (χ4n) is 2.03. The van der Waals surface area contributed by atoms with Gasteiger partial charge < -0.3 is 14.6 Å². The molecule has 0 bridgehead atoms. The van der Waals surface area contributed by atoms with Crippen LogP contribution in [0.5, 0.6) is 5.75 Å². The van der Waals surface area contributed by atoms with Crippen molar-refractivity contribution in [1.29, 1.82) is 0 Å². The first-order valence-electron chi connectivity index (χ1n) is 7.17. The number of hydrogen-bond donors (Lipinski definition) is 1. The van der Waals surface area contributed by atoms with Crippen LogP contribution in [0.25, 0.3) is 0 Å². The highest BCUT2D eigenvalue weighted by Crippen LogP contribution is 2.18. The number of ether oxygens (including phenoxy) is 1. The number of rotatable bonds is 8. The van der Waals surface area contributed by atoms with Crippen molar-refractivity contribution in [2.24, 2.45) is 0 Å². The van der Waals surface area contributed by atoms with E-state index in [0.29, 0.717) is 13.1 Å². The van der Waals surface area contributed by atoms with Crippen molar-refractivity contribution in [1.82, 2.24) is 20.1 Å². The molecule has 0 fully saturated rings. The third kappa shape index (κ3) is 4.59. The average Bonchev–Trinajstić information content (AvgIpc) is 2.92. The predicted molar refractivity (Wildman–Crippen MR) is 90.5 cm³/mol. The van der Waals surface area contributed by atoms with E-state index in [1.165, 1.54) is 11.8 Å². The summed E-state index contributed by atoms with van der Waals surface area (Å²) in [6.45, 7) is 6.65. The van der Waals surface area contributed by atoms with Gasteiger partial charge >= 0.3 is 0 Å². The Kier molecular flexibility index (Phi) is 6.22. The van der Waals surface area contributed by atoms with Gasteiger partial charge in [0.25, 0.3) is 0 Å². The maximum atomic E-state index is 12.0. The molecule has 2 aromatic rings. The molecule has 1 aromatic carbocycles. The first-order valence-corrected chi connectivity index (χ1v) is 8.16. The highest BCUT2D eigenvalue weighted by molar-refractivity contribution is 7.99. The SMILES string of the molecule is C=CCn1c(C)nnc1SCC(=O)NCc1ccccc1OC. The molecule has 0 aliphatic rings. The summed E-state index contributed by atoms with van der Waals surface area (Å²) in [5.41, 5.74) is 0.944. The van der Waals surface area contributed by atoms with E-state index in [2.05, 4.69) is 22.1 Å². The molecule has 122 valence electrons. The van der Waals surface area contributed by atoms with Crippen LogP contribution in [-0.2, 0) is 17.9 Å². The Labute approximate surface area is 139 Å². The van der Waals surface area contributed by atoms with Crippen LogP contribution in [0.4, 0.5) is 0 Å². The average molecular weight is 332 g/mol. The van der Waals surface area contributed by atoms with Gasteiger partial charge in [0.15, 0.2) is 5.16 Å². The van der Waals surface area contributed by atoms with Crippen molar-refractivity contribution < 1.29 is 9.53 Å². The van der Waals surface area contributed by atoms with Gasteiger partial charge in [0, 0.05) is 18.7 Å². The first kappa shape index (κ1) is 17.1. The van der Waals surface area contributed by atoms with Crippen LogP contribution in [0.15, 0.2) is 42.1 Å². The number of nitrogens with zero attached hydrogens (tertiary/aromatic N) is 3. The predicted octanol–water partition coefficient (Wildman–Crippen LogP) is 2.19. The Hall–Kier alpha value is -2.28. The summed E-state index contributed by atoms with van der Waals surface area (Å²) in [4.78, 5) is 12.0. The number of carbonyl (C=O) groups is 1. The number of benzene rings is 1. The minimum Gasteiger partial charge on any atom is -0.496 e. The van der Waals surface area contributed by atoms with Gasteiger partial charge in [0.2, 0.25) is 5.91 Å². The molecule has 23 heavy (non-hydrogen) atoms. The summed E-state index contributed by atoms with van der Waals surface area (Å²) in [5, 5.41) is 11.7. The molecule has 1 amide bonds. The van der Waals surface area contributed by atoms with E-state index in [4.69, 9.17) is 4.74 Å². The molecule has 1 N–H and O–H groups in total. The number of allylic oxidation sites excluding steroid dienone is 1. The fraction of sp³-hybridized carbons (Fsp3) is 0.312. The second-order valence-corrected chi connectivity index (χ2v) is 5.75. The minimum absolute atomic E-state index is 0.0632. The Balaban J connectivity index is 1.87. The summed E-state index contributed by atoms with van der Waals surface area (Å²) in [6, 6.07) is 7.61. The summed E-state index contributed by atoms with van der Waals surface area (Å²) in [5.74, 6) is 1.79. The van der Waals surface area contributed by atoms with Crippen molar-refractivity contribution in [2.45, 2.75) is 25.2 Å². The van der Waals surface area contributed by atoms with Gasteiger partial charge in [-0.05, 0) is 13.0 Å². The number of nitrogens with one attached hydrogen (secondary N) is 1. The number of thioether (sulfide) groups is 1. The molecular weight excluding hydrogens is 312 g/mol. The summed E-state index contributed by atoms with van der Waals surface area (Å²) in [7, 11) is 1.62. The number of para-hydroxylation sites is 1. The molecule has 0 saturated carbocycles. The van der Waals surface area contributed by atoms with Crippen molar-refractivity contribution in [3.05, 3.63) is 48.3 Å². The lowest BCUT2D eigenvalue weighted by molar-refractivity contribution is -0.118. The molecule has 0 atom stereocenters. The molecular formula is C16H20N4O2S. The van der Waals surface area contributed by atoms with Gasteiger partial charge in [-0.25, -0.2) is 0 Å². The van der Waals surface area contributed by atoms with Gasteiger partial charge in [-0.15, -0.1) is 16.8 Å². The molecule has 0 aliphatic carbocycles. The maximum Gasteiger partial charge on any atom is 0.230 e. The zero-order valence-electron chi connectivity index (χ0n) is 13.3. The second-order valence-electron chi connectivity index (χ2n) is 4.81. The smallest absolute Gasteiger partial charge is 0.230 e. The molecule has 1 aromatic heterocycles. The lowest BCUT2D eigenvalue weighted by Crippen LogP contribution is -2.25. The number of carbonyl (C=O) groups excluding carboxylic acids is 1. The van der Waals surface area contributed by atoms with Crippen molar-refractivity contribution in [3.63, 3.8) is 0 Å². The van der Waals surface area contributed by atoms with Crippen LogP contribution in [0.1, 0.15) is 11.4 Å². The molecule has 7 heteroatoms. The molecule has 0 radical (unpaired) electrons. The summed E-state index contributed by atoms with van der Waals surface area (Å²) < 4.78 is 7.19. The van der Waals surface area contributed by atoms with Crippen LogP contribution in [0, 0.1) is 6.92 Å². The molecule has 0 aliphatic heterocycles. The van der Waals surface area contributed by atoms with E-state index in [0.717, 1.165) is 22.3 Å². The molecule has 0 unspecified atom stereocenters. The standard InChI is InChI=1S/C16H20N4O2S/c1-4-9-20-12(2)18-19-16(20)23-11-15(21)17-10-13-7-5-6-8-14(13)22-3/h4-8H,1,9-11H2,2-3H3,(H,17,21). The molecule has 0 spiro atoms. The van der Waals surface area contributed by atoms with E-state index in [-0.39, 0.29) is 11.7 Å². The summed E-state index contributed by atoms with van der Waals surface area (Å²) in [6.07, 6.45) is 1.78. The van der Waals surface area contributed by atoms with Crippen LogP contribution in [0.2, 0.25) is 0 Å².